The molecule has 19 heavy (non-hydrogen) atoms. The number of hydrogen-bond donors (Lipinski definition) is 1. The highest BCUT2D eigenvalue weighted by atomic mass is 15.2. The van der Waals surface area contributed by atoms with Crippen molar-refractivity contribution in [3.63, 3.8) is 0 Å². The number of H-pyrrole nitrogens is 1. The van der Waals surface area contributed by atoms with Gasteiger partial charge in [0, 0.05) is 18.2 Å². The van der Waals surface area contributed by atoms with Crippen molar-refractivity contribution < 1.29 is 0 Å². The summed E-state index contributed by atoms with van der Waals surface area (Å²) in [6.45, 7) is 3.62. The maximum Gasteiger partial charge on any atom is 0.113 e. The lowest BCUT2D eigenvalue weighted by Gasteiger charge is -2.33. The molecule has 2 unspecified atom stereocenters. The van der Waals surface area contributed by atoms with Crippen LogP contribution < -0.4 is 0 Å². The van der Waals surface area contributed by atoms with Crippen LogP contribution in [0.2, 0.25) is 0 Å². The van der Waals surface area contributed by atoms with E-state index in [1.807, 2.05) is 12.3 Å². The number of imidazole rings is 1. The summed E-state index contributed by atoms with van der Waals surface area (Å²) in [6.07, 6.45) is 7.27. The first-order valence-corrected chi connectivity index (χ1v) is 6.92. The molecule has 2 saturated heterocycles. The Bertz CT molecular complexity index is 558. The van der Waals surface area contributed by atoms with Crippen LogP contribution in [0.3, 0.4) is 0 Å². The summed E-state index contributed by atoms with van der Waals surface area (Å²) >= 11 is 0. The van der Waals surface area contributed by atoms with Crippen LogP contribution in [-0.2, 0) is 5.41 Å². The molecule has 2 fully saturated rings. The number of hydrogen-bond acceptors (Lipinski definition) is 4. The van der Waals surface area contributed by atoms with E-state index >= 15 is 0 Å². The summed E-state index contributed by atoms with van der Waals surface area (Å²) in [7, 11) is 0. The predicted octanol–water partition coefficient (Wildman–Crippen LogP) is 1.60. The summed E-state index contributed by atoms with van der Waals surface area (Å²) in [4.78, 5) is 9.70. The van der Waals surface area contributed by atoms with Gasteiger partial charge in [0.05, 0.1) is 12.0 Å². The van der Waals surface area contributed by atoms with Crippen LogP contribution in [0.25, 0.3) is 11.4 Å². The summed E-state index contributed by atoms with van der Waals surface area (Å²) in [5.41, 5.74) is 3.12. The van der Waals surface area contributed by atoms with Gasteiger partial charge in [0.1, 0.15) is 11.4 Å². The van der Waals surface area contributed by atoms with Gasteiger partial charge in [-0.1, -0.05) is 0 Å². The van der Waals surface area contributed by atoms with Crippen molar-refractivity contribution in [3.8, 4) is 11.4 Å². The molecule has 1 N–H and O–H groups in total. The minimum absolute atomic E-state index is 0.259. The van der Waals surface area contributed by atoms with E-state index in [4.69, 9.17) is 0 Å². The maximum absolute atomic E-state index is 4.50. The molecule has 0 radical (unpaired) electrons. The molecular formula is C14H17N5. The minimum Gasteiger partial charge on any atom is -0.351 e. The largest absolute Gasteiger partial charge is 0.351 e. The van der Waals surface area contributed by atoms with Gasteiger partial charge in [-0.2, -0.15) is 5.10 Å². The second-order valence-corrected chi connectivity index (χ2v) is 5.67. The molecule has 2 aliphatic rings. The Kier molecular flexibility index (Phi) is 2.41. The van der Waals surface area contributed by atoms with Crippen LogP contribution in [0, 0.1) is 0 Å². The molecule has 98 valence electrons. The lowest BCUT2D eigenvalue weighted by atomic mass is 9.78. The first-order chi connectivity index (χ1) is 9.36. The zero-order valence-electron chi connectivity index (χ0n) is 10.8. The molecule has 0 aromatic carbocycles. The normalized spacial score (nSPS) is 29.6. The van der Waals surface area contributed by atoms with Crippen molar-refractivity contribution in [2.45, 2.75) is 24.7 Å². The molecule has 2 atom stereocenters. The van der Waals surface area contributed by atoms with Crippen LogP contribution in [0.15, 0.2) is 24.7 Å². The Morgan fingerprint density at radius 3 is 2.89 bits per heavy atom. The Morgan fingerprint density at radius 1 is 1.11 bits per heavy atom. The minimum atomic E-state index is 0.259. The first-order valence-electron chi connectivity index (χ1n) is 6.92. The summed E-state index contributed by atoms with van der Waals surface area (Å²) in [5.74, 6) is 0. The van der Waals surface area contributed by atoms with E-state index in [1.54, 1.807) is 6.33 Å². The maximum atomic E-state index is 4.50. The van der Waals surface area contributed by atoms with Crippen molar-refractivity contribution in [2.24, 2.45) is 0 Å². The molecular weight excluding hydrogens is 238 g/mol. The molecule has 5 heteroatoms. The fourth-order valence-corrected chi connectivity index (χ4v) is 3.48. The number of fused-ring (bicyclic) bond motifs is 2. The molecule has 0 spiro atoms. The van der Waals surface area contributed by atoms with Crippen LogP contribution in [0.1, 0.15) is 25.0 Å². The van der Waals surface area contributed by atoms with Gasteiger partial charge in [-0.25, -0.2) is 4.98 Å². The van der Waals surface area contributed by atoms with Crippen LogP contribution >= 0.6 is 0 Å². The van der Waals surface area contributed by atoms with Crippen molar-refractivity contribution >= 4 is 0 Å². The number of piperidine rings is 1. The van der Waals surface area contributed by atoms with Gasteiger partial charge in [-0.15, -0.1) is 5.10 Å². The van der Waals surface area contributed by atoms with Gasteiger partial charge in [-0.05, 0) is 44.5 Å². The van der Waals surface area contributed by atoms with E-state index in [2.05, 4.69) is 31.1 Å². The third kappa shape index (κ3) is 1.76. The smallest absolute Gasteiger partial charge is 0.113 e. The molecule has 0 amide bonds. The molecule has 5 nitrogen and oxygen atoms in total. The highest BCUT2D eigenvalue weighted by Gasteiger charge is 2.43. The number of nitrogens with one attached hydrogen (secondary N) is 1. The van der Waals surface area contributed by atoms with E-state index in [9.17, 15) is 0 Å². The van der Waals surface area contributed by atoms with E-state index in [1.165, 1.54) is 32.4 Å². The van der Waals surface area contributed by atoms with Crippen molar-refractivity contribution in [1.29, 1.82) is 0 Å². The van der Waals surface area contributed by atoms with Gasteiger partial charge in [-0.3, -0.25) is 0 Å². The lowest BCUT2D eigenvalue weighted by molar-refractivity contribution is 0.239. The Morgan fingerprint density at radius 2 is 2.11 bits per heavy atom. The number of nitrogens with zero attached hydrogens (tertiary/aromatic N) is 4. The molecule has 4 rings (SSSR count). The van der Waals surface area contributed by atoms with Gasteiger partial charge in [0.15, 0.2) is 0 Å². The first kappa shape index (κ1) is 11.1. The number of rotatable bonds is 2. The zero-order valence-corrected chi connectivity index (χ0v) is 10.8. The molecule has 0 saturated carbocycles. The Hall–Kier alpha value is -1.75. The fraction of sp³-hybridized carbons (Fsp3) is 0.500. The van der Waals surface area contributed by atoms with Crippen LogP contribution in [-0.4, -0.2) is 44.7 Å². The van der Waals surface area contributed by atoms with Gasteiger partial charge < -0.3 is 9.88 Å². The molecule has 0 aliphatic carbocycles. The monoisotopic (exact) mass is 255 g/mol. The van der Waals surface area contributed by atoms with Gasteiger partial charge >= 0.3 is 0 Å². The van der Waals surface area contributed by atoms with Gasteiger partial charge in [0.2, 0.25) is 0 Å². The zero-order chi connectivity index (χ0) is 12.7. The fourth-order valence-electron chi connectivity index (χ4n) is 3.48. The SMILES string of the molecule is c1nc(-c2ccc(C34CCCN(CC3)C4)nn2)c[nH]1. The molecule has 2 aromatic heterocycles. The number of aromatic nitrogens is 4. The third-order valence-electron chi connectivity index (χ3n) is 4.53. The molecule has 4 heterocycles. The van der Waals surface area contributed by atoms with Crippen LogP contribution in [0.4, 0.5) is 0 Å². The summed E-state index contributed by atoms with van der Waals surface area (Å²) < 4.78 is 0. The van der Waals surface area contributed by atoms with Gasteiger partial charge in [0.25, 0.3) is 0 Å². The predicted molar refractivity (Wildman–Crippen MR) is 71.6 cm³/mol. The second kappa shape index (κ2) is 4.13. The topological polar surface area (TPSA) is 57.7 Å². The second-order valence-electron chi connectivity index (χ2n) is 5.67. The van der Waals surface area contributed by atoms with Crippen LogP contribution in [0.5, 0.6) is 0 Å². The van der Waals surface area contributed by atoms with E-state index in [-0.39, 0.29) is 5.41 Å². The Balaban J connectivity index is 1.66. The quantitative estimate of drug-likeness (QED) is 0.885. The highest BCUT2D eigenvalue weighted by molar-refractivity contribution is 5.51. The van der Waals surface area contributed by atoms with E-state index < -0.39 is 0 Å². The summed E-state index contributed by atoms with van der Waals surface area (Å²) in [5, 5.41) is 8.85. The van der Waals surface area contributed by atoms with Crippen molar-refractivity contribution in [1.82, 2.24) is 25.1 Å². The van der Waals surface area contributed by atoms with Crippen molar-refractivity contribution in [2.75, 3.05) is 19.6 Å². The third-order valence-corrected chi connectivity index (χ3v) is 4.53. The number of aromatic amines is 1. The van der Waals surface area contributed by atoms with Crippen molar-refractivity contribution in [3.05, 3.63) is 30.4 Å². The molecule has 2 bridgehead atoms. The molecule has 2 aromatic rings. The standard InChI is InChI=1S/C14H17N5/c1-4-14(5-7-19(6-1)9-14)13-3-2-11(17-18-13)12-8-15-10-16-12/h2-3,8,10H,1,4-7,9H2,(H,15,16). The summed E-state index contributed by atoms with van der Waals surface area (Å²) in [6, 6.07) is 4.19. The highest BCUT2D eigenvalue weighted by Crippen LogP contribution is 2.41. The average molecular weight is 255 g/mol. The Labute approximate surface area is 112 Å². The van der Waals surface area contributed by atoms with E-state index in [0.717, 1.165) is 23.6 Å². The molecule has 2 aliphatic heterocycles. The lowest BCUT2D eigenvalue weighted by Crippen LogP contribution is -2.37. The van der Waals surface area contributed by atoms with E-state index in [0.29, 0.717) is 0 Å². The average Bonchev–Trinajstić information content (AvgIpc) is 3.09.